The molecule has 1 saturated heterocycles. The Hall–Kier alpha value is -2.00. The molecular formula is C20H25ClN4O3S. The van der Waals surface area contributed by atoms with Crippen LogP contribution in [0.1, 0.15) is 29.8 Å². The minimum absolute atomic E-state index is 0.0373. The summed E-state index contributed by atoms with van der Waals surface area (Å²) >= 11 is 6.22. The fourth-order valence-corrected chi connectivity index (χ4v) is 4.71. The maximum atomic E-state index is 13.0. The smallest absolute Gasteiger partial charge is 0.255 e. The van der Waals surface area contributed by atoms with Crippen LogP contribution in [-0.2, 0) is 16.6 Å². The van der Waals surface area contributed by atoms with Crippen molar-refractivity contribution in [1.82, 2.24) is 19.5 Å². The first kappa shape index (κ1) is 21.7. The molecule has 1 aromatic heterocycles. The van der Waals surface area contributed by atoms with E-state index >= 15 is 0 Å². The molecule has 1 N–H and O–H groups in total. The Morgan fingerprint density at radius 3 is 2.41 bits per heavy atom. The second kappa shape index (κ2) is 9.21. The first-order chi connectivity index (χ1) is 13.8. The van der Waals surface area contributed by atoms with Crippen LogP contribution in [0.15, 0.2) is 47.6 Å². The Kier molecular flexibility index (Phi) is 6.89. The number of piperazine rings is 1. The molecule has 0 bridgehead atoms. The third-order valence-corrected chi connectivity index (χ3v) is 6.67. The van der Waals surface area contributed by atoms with Gasteiger partial charge < -0.3 is 4.90 Å². The van der Waals surface area contributed by atoms with Gasteiger partial charge in [0.2, 0.25) is 10.0 Å². The molecule has 7 nitrogen and oxygen atoms in total. The number of pyridine rings is 1. The van der Waals surface area contributed by atoms with E-state index in [-0.39, 0.29) is 27.4 Å². The quantitative estimate of drug-likeness (QED) is 0.751. The number of nitrogens with one attached hydrogen (secondary N) is 1. The van der Waals surface area contributed by atoms with Crippen molar-refractivity contribution >= 4 is 27.5 Å². The number of halogens is 1. The lowest BCUT2D eigenvalue weighted by molar-refractivity contribution is 0.0628. The van der Waals surface area contributed by atoms with Crippen molar-refractivity contribution in [2.24, 2.45) is 0 Å². The van der Waals surface area contributed by atoms with Gasteiger partial charge in [0.05, 0.1) is 15.5 Å². The predicted molar refractivity (Wildman–Crippen MR) is 112 cm³/mol. The zero-order valence-electron chi connectivity index (χ0n) is 16.5. The van der Waals surface area contributed by atoms with Gasteiger partial charge in [0.15, 0.2) is 0 Å². The summed E-state index contributed by atoms with van der Waals surface area (Å²) < 4.78 is 27.4. The van der Waals surface area contributed by atoms with Crippen LogP contribution >= 0.6 is 11.6 Å². The first-order valence-electron chi connectivity index (χ1n) is 9.48. The van der Waals surface area contributed by atoms with Gasteiger partial charge in [0, 0.05) is 51.2 Å². The summed E-state index contributed by atoms with van der Waals surface area (Å²) in [6, 6.07) is 7.95. The molecule has 1 fully saturated rings. The van der Waals surface area contributed by atoms with Gasteiger partial charge in [0.25, 0.3) is 5.91 Å². The highest BCUT2D eigenvalue weighted by molar-refractivity contribution is 7.89. The lowest BCUT2D eigenvalue weighted by Gasteiger charge is -2.35. The summed E-state index contributed by atoms with van der Waals surface area (Å²) in [6.07, 6.45) is 3.54. The van der Waals surface area contributed by atoms with E-state index in [1.54, 1.807) is 31.1 Å². The Labute approximate surface area is 176 Å². The van der Waals surface area contributed by atoms with Gasteiger partial charge in [-0.05, 0) is 49.7 Å². The number of hydrogen-bond donors (Lipinski definition) is 1. The van der Waals surface area contributed by atoms with E-state index < -0.39 is 10.0 Å². The summed E-state index contributed by atoms with van der Waals surface area (Å²) in [5.41, 5.74) is 1.39. The van der Waals surface area contributed by atoms with E-state index in [0.29, 0.717) is 13.1 Å². The van der Waals surface area contributed by atoms with Gasteiger partial charge in [-0.15, -0.1) is 0 Å². The van der Waals surface area contributed by atoms with Crippen LogP contribution in [0.5, 0.6) is 0 Å². The summed E-state index contributed by atoms with van der Waals surface area (Å²) in [5.74, 6) is -0.250. The first-order valence-corrected chi connectivity index (χ1v) is 11.3. The predicted octanol–water partition coefficient (Wildman–Crippen LogP) is 2.38. The highest BCUT2D eigenvalue weighted by atomic mass is 35.5. The Balaban J connectivity index is 1.69. The van der Waals surface area contributed by atoms with Gasteiger partial charge in [0.1, 0.15) is 0 Å². The SMILES string of the molecule is CC(C)NS(=O)(=O)c1ccc(Cl)c(C(=O)N2CCN(Cc3ccncc3)CC2)c1. The summed E-state index contributed by atoms with van der Waals surface area (Å²) in [7, 11) is -3.70. The average molecular weight is 437 g/mol. The molecule has 0 spiro atoms. The molecule has 1 amide bonds. The van der Waals surface area contributed by atoms with E-state index in [9.17, 15) is 13.2 Å². The second-order valence-electron chi connectivity index (χ2n) is 7.34. The van der Waals surface area contributed by atoms with Gasteiger partial charge in [-0.25, -0.2) is 13.1 Å². The zero-order valence-corrected chi connectivity index (χ0v) is 18.1. The minimum atomic E-state index is -3.70. The number of hydrogen-bond acceptors (Lipinski definition) is 5. The molecule has 0 aliphatic carbocycles. The van der Waals surface area contributed by atoms with E-state index in [1.807, 2.05) is 12.1 Å². The molecule has 3 rings (SSSR count). The van der Waals surface area contributed by atoms with Gasteiger partial charge >= 0.3 is 0 Å². The zero-order chi connectivity index (χ0) is 21.0. The van der Waals surface area contributed by atoms with Crippen molar-refractivity contribution in [3.63, 3.8) is 0 Å². The van der Waals surface area contributed by atoms with Gasteiger partial charge in [-0.2, -0.15) is 0 Å². The molecule has 2 aromatic rings. The van der Waals surface area contributed by atoms with Crippen LogP contribution in [0.25, 0.3) is 0 Å². The van der Waals surface area contributed by atoms with Gasteiger partial charge in [-0.3, -0.25) is 14.7 Å². The third kappa shape index (κ3) is 5.54. The van der Waals surface area contributed by atoms with Crippen molar-refractivity contribution in [3.8, 4) is 0 Å². The third-order valence-electron chi connectivity index (χ3n) is 4.68. The molecule has 9 heteroatoms. The van der Waals surface area contributed by atoms with Crippen LogP contribution in [0, 0.1) is 0 Å². The molecular weight excluding hydrogens is 412 g/mol. The van der Waals surface area contributed by atoms with Crippen LogP contribution < -0.4 is 4.72 Å². The molecule has 1 aromatic carbocycles. The summed E-state index contributed by atoms with van der Waals surface area (Å²) in [6.45, 7) is 6.87. The topological polar surface area (TPSA) is 82.6 Å². The lowest BCUT2D eigenvalue weighted by Crippen LogP contribution is -2.48. The number of nitrogens with zero attached hydrogens (tertiary/aromatic N) is 3. The molecule has 0 radical (unpaired) electrons. The minimum Gasteiger partial charge on any atom is -0.336 e. The van der Waals surface area contributed by atoms with Crippen molar-refractivity contribution < 1.29 is 13.2 Å². The van der Waals surface area contributed by atoms with E-state index in [0.717, 1.165) is 19.6 Å². The van der Waals surface area contributed by atoms with E-state index in [4.69, 9.17) is 11.6 Å². The summed E-state index contributed by atoms with van der Waals surface area (Å²) in [4.78, 5) is 21.0. The number of carbonyl (C=O) groups is 1. The van der Waals surface area contributed by atoms with Crippen LogP contribution in [-0.4, -0.2) is 61.3 Å². The summed E-state index contributed by atoms with van der Waals surface area (Å²) in [5, 5.41) is 0.248. The number of amides is 1. The van der Waals surface area contributed by atoms with Crippen molar-refractivity contribution in [2.45, 2.75) is 31.3 Å². The van der Waals surface area contributed by atoms with Gasteiger partial charge in [-0.1, -0.05) is 11.6 Å². The Bertz CT molecular complexity index is 959. The van der Waals surface area contributed by atoms with Crippen LogP contribution in [0.2, 0.25) is 5.02 Å². The van der Waals surface area contributed by atoms with Crippen molar-refractivity contribution in [3.05, 3.63) is 58.9 Å². The van der Waals surface area contributed by atoms with E-state index in [2.05, 4.69) is 14.6 Å². The number of sulfonamides is 1. The number of rotatable bonds is 6. The number of carbonyl (C=O) groups excluding carboxylic acids is 1. The molecule has 2 heterocycles. The highest BCUT2D eigenvalue weighted by Gasteiger charge is 2.25. The van der Waals surface area contributed by atoms with Crippen molar-refractivity contribution in [2.75, 3.05) is 26.2 Å². The molecule has 0 atom stereocenters. The number of aromatic nitrogens is 1. The normalized spacial score (nSPS) is 15.7. The maximum Gasteiger partial charge on any atom is 0.255 e. The largest absolute Gasteiger partial charge is 0.336 e. The molecule has 156 valence electrons. The molecule has 1 aliphatic heterocycles. The van der Waals surface area contributed by atoms with Crippen LogP contribution in [0.3, 0.4) is 0 Å². The molecule has 29 heavy (non-hydrogen) atoms. The standard InChI is InChI=1S/C20H25ClN4O3S/c1-15(2)23-29(27,28)17-3-4-19(21)18(13-17)20(26)25-11-9-24(10-12-25)14-16-5-7-22-8-6-16/h3-8,13,15,23H,9-12,14H2,1-2H3. The molecule has 0 saturated carbocycles. The monoisotopic (exact) mass is 436 g/mol. The van der Waals surface area contributed by atoms with E-state index in [1.165, 1.54) is 23.8 Å². The van der Waals surface area contributed by atoms with Crippen LogP contribution in [0.4, 0.5) is 0 Å². The fourth-order valence-electron chi connectivity index (χ4n) is 3.24. The maximum absolute atomic E-state index is 13.0. The van der Waals surface area contributed by atoms with Crippen molar-refractivity contribution in [1.29, 1.82) is 0 Å². The molecule has 1 aliphatic rings. The molecule has 0 unspecified atom stereocenters. The lowest BCUT2D eigenvalue weighted by atomic mass is 10.1. The Morgan fingerprint density at radius 2 is 1.79 bits per heavy atom. The fraction of sp³-hybridized carbons (Fsp3) is 0.400. The number of benzene rings is 1. The average Bonchev–Trinajstić information content (AvgIpc) is 2.68. The Morgan fingerprint density at radius 1 is 1.14 bits per heavy atom. The highest BCUT2D eigenvalue weighted by Crippen LogP contribution is 2.23. The second-order valence-corrected chi connectivity index (χ2v) is 9.46.